The SMILES string of the molecule is O=C(Nc1ccc(O)cc1)[C@@H]1CCN(CC(=O)N2CCN(c3ccccc3)CC2)C1. The second-order valence-electron chi connectivity index (χ2n) is 7.96. The minimum Gasteiger partial charge on any atom is -0.508 e. The Kier molecular flexibility index (Phi) is 6.18. The zero-order chi connectivity index (χ0) is 20.9. The van der Waals surface area contributed by atoms with Crippen molar-refractivity contribution in [1.29, 1.82) is 0 Å². The Labute approximate surface area is 176 Å². The number of hydrogen-bond donors (Lipinski definition) is 2. The van der Waals surface area contributed by atoms with Crippen LogP contribution >= 0.6 is 0 Å². The maximum absolute atomic E-state index is 12.7. The summed E-state index contributed by atoms with van der Waals surface area (Å²) in [5, 5.41) is 12.2. The van der Waals surface area contributed by atoms with Crippen LogP contribution in [0.25, 0.3) is 0 Å². The molecule has 2 heterocycles. The third-order valence-electron chi connectivity index (χ3n) is 5.89. The molecule has 0 bridgehead atoms. The molecule has 0 aromatic heterocycles. The molecule has 2 aromatic carbocycles. The standard InChI is InChI=1S/C23H28N4O3/c28-21-8-6-19(7-9-21)24-23(30)18-10-11-25(16-18)17-22(29)27-14-12-26(13-15-27)20-4-2-1-3-5-20/h1-9,18,28H,10-17H2,(H,24,30)/t18-/m1/s1. The number of likely N-dealkylation sites (tertiary alicyclic amines) is 1. The molecule has 4 rings (SSSR count). The first-order valence-corrected chi connectivity index (χ1v) is 10.5. The predicted molar refractivity (Wildman–Crippen MR) is 117 cm³/mol. The van der Waals surface area contributed by atoms with Crippen LogP contribution in [0, 0.1) is 5.92 Å². The van der Waals surface area contributed by atoms with E-state index in [1.807, 2.05) is 23.1 Å². The number of phenols is 1. The quantitative estimate of drug-likeness (QED) is 0.740. The minimum atomic E-state index is -0.124. The van der Waals surface area contributed by atoms with E-state index in [0.717, 1.165) is 39.1 Å². The molecular weight excluding hydrogens is 380 g/mol. The second kappa shape index (κ2) is 9.17. The van der Waals surface area contributed by atoms with Crippen LogP contribution in [-0.2, 0) is 9.59 Å². The van der Waals surface area contributed by atoms with E-state index in [1.54, 1.807) is 24.3 Å². The summed E-state index contributed by atoms with van der Waals surface area (Å²) >= 11 is 0. The molecule has 30 heavy (non-hydrogen) atoms. The summed E-state index contributed by atoms with van der Waals surface area (Å²) in [6.07, 6.45) is 0.749. The molecule has 2 amide bonds. The third-order valence-corrected chi connectivity index (χ3v) is 5.89. The van der Waals surface area contributed by atoms with Gasteiger partial charge in [-0.1, -0.05) is 18.2 Å². The molecule has 2 aliphatic heterocycles. The molecule has 1 atom stereocenters. The summed E-state index contributed by atoms with van der Waals surface area (Å²) in [6, 6.07) is 16.7. The van der Waals surface area contributed by atoms with Gasteiger partial charge in [0, 0.05) is 44.1 Å². The van der Waals surface area contributed by atoms with Crippen molar-refractivity contribution in [3.05, 3.63) is 54.6 Å². The van der Waals surface area contributed by atoms with E-state index in [1.165, 1.54) is 5.69 Å². The Morgan fingerprint density at radius 2 is 1.63 bits per heavy atom. The number of rotatable bonds is 5. The van der Waals surface area contributed by atoms with Crippen LogP contribution in [0.2, 0.25) is 0 Å². The maximum atomic E-state index is 12.7. The molecular formula is C23H28N4O3. The number of amides is 2. The van der Waals surface area contributed by atoms with E-state index in [2.05, 4.69) is 27.2 Å². The topological polar surface area (TPSA) is 76.1 Å². The number of nitrogens with zero attached hydrogens (tertiary/aromatic N) is 3. The van der Waals surface area contributed by atoms with E-state index < -0.39 is 0 Å². The Balaban J connectivity index is 1.22. The van der Waals surface area contributed by atoms with Crippen molar-refractivity contribution in [1.82, 2.24) is 9.80 Å². The number of benzene rings is 2. The van der Waals surface area contributed by atoms with Crippen molar-refractivity contribution in [2.45, 2.75) is 6.42 Å². The van der Waals surface area contributed by atoms with Crippen LogP contribution < -0.4 is 10.2 Å². The van der Waals surface area contributed by atoms with E-state index in [9.17, 15) is 14.7 Å². The van der Waals surface area contributed by atoms with Gasteiger partial charge in [0.2, 0.25) is 11.8 Å². The van der Waals surface area contributed by atoms with Gasteiger partial charge in [-0.15, -0.1) is 0 Å². The molecule has 0 unspecified atom stereocenters. The van der Waals surface area contributed by atoms with E-state index >= 15 is 0 Å². The van der Waals surface area contributed by atoms with Gasteiger partial charge < -0.3 is 20.2 Å². The van der Waals surface area contributed by atoms with Crippen LogP contribution in [0.4, 0.5) is 11.4 Å². The lowest BCUT2D eigenvalue weighted by atomic mass is 10.1. The Morgan fingerprint density at radius 1 is 0.933 bits per heavy atom. The molecule has 2 fully saturated rings. The van der Waals surface area contributed by atoms with Gasteiger partial charge in [-0.3, -0.25) is 14.5 Å². The number of nitrogens with one attached hydrogen (secondary N) is 1. The first-order chi connectivity index (χ1) is 14.6. The van der Waals surface area contributed by atoms with Crippen molar-refractivity contribution in [3.8, 4) is 5.75 Å². The third kappa shape index (κ3) is 4.91. The highest BCUT2D eigenvalue weighted by Crippen LogP contribution is 2.21. The van der Waals surface area contributed by atoms with Crippen LogP contribution in [0.3, 0.4) is 0 Å². The summed E-state index contributed by atoms with van der Waals surface area (Å²) in [7, 11) is 0. The zero-order valence-electron chi connectivity index (χ0n) is 17.0. The lowest BCUT2D eigenvalue weighted by Crippen LogP contribution is -2.51. The fraction of sp³-hybridized carbons (Fsp3) is 0.391. The Hall–Kier alpha value is -3.06. The second-order valence-corrected chi connectivity index (χ2v) is 7.96. The van der Waals surface area contributed by atoms with Crippen LogP contribution in [-0.4, -0.2) is 72.5 Å². The number of hydrogen-bond acceptors (Lipinski definition) is 5. The lowest BCUT2D eigenvalue weighted by Gasteiger charge is -2.36. The number of piperazine rings is 1. The number of anilines is 2. The van der Waals surface area contributed by atoms with Gasteiger partial charge in [0.25, 0.3) is 0 Å². The number of carbonyl (C=O) groups is 2. The Bertz CT molecular complexity index is 864. The predicted octanol–water partition coefficient (Wildman–Crippen LogP) is 2.00. The molecule has 2 aliphatic rings. The minimum absolute atomic E-state index is 0.0351. The first kappa shape index (κ1) is 20.2. The van der Waals surface area contributed by atoms with Gasteiger partial charge in [-0.05, 0) is 49.4 Å². The normalized spacial score (nSPS) is 19.7. The van der Waals surface area contributed by atoms with Crippen molar-refractivity contribution in [3.63, 3.8) is 0 Å². The van der Waals surface area contributed by atoms with Gasteiger partial charge in [0.15, 0.2) is 0 Å². The molecule has 158 valence electrons. The summed E-state index contributed by atoms with van der Waals surface area (Å²) in [5.74, 6) is 0.152. The fourth-order valence-corrected chi connectivity index (χ4v) is 4.12. The van der Waals surface area contributed by atoms with Crippen LogP contribution in [0.15, 0.2) is 54.6 Å². The van der Waals surface area contributed by atoms with E-state index in [4.69, 9.17) is 0 Å². The molecule has 7 nitrogen and oxygen atoms in total. The fourth-order valence-electron chi connectivity index (χ4n) is 4.12. The van der Waals surface area contributed by atoms with Gasteiger partial charge in [0.05, 0.1) is 12.5 Å². The van der Waals surface area contributed by atoms with Gasteiger partial charge in [-0.2, -0.15) is 0 Å². The smallest absolute Gasteiger partial charge is 0.236 e. The zero-order valence-corrected chi connectivity index (χ0v) is 17.0. The number of carbonyl (C=O) groups excluding carboxylic acids is 2. The Morgan fingerprint density at radius 3 is 2.33 bits per heavy atom. The van der Waals surface area contributed by atoms with Gasteiger partial charge in [-0.25, -0.2) is 0 Å². The van der Waals surface area contributed by atoms with Crippen molar-refractivity contribution < 1.29 is 14.7 Å². The van der Waals surface area contributed by atoms with Crippen molar-refractivity contribution in [2.75, 3.05) is 56.0 Å². The summed E-state index contributed by atoms with van der Waals surface area (Å²) in [6.45, 7) is 4.86. The average molecular weight is 409 g/mol. The van der Waals surface area contributed by atoms with Crippen molar-refractivity contribution in [2.24, 2.45) is 5.92 Å². The summed E-state index contributed by atoms with van der Waals surface area (Å²) in [4.78, 5) is 31.6. The average Bonchev–Trinajstić information content (AvgIpc) is 3.25. The molecule has 2 N–H and O–H groups in total. The van der Waals surface area contributed by atoms with E-state index in [-0.39, 0.29) is 23.5 Å². The maximum Gasteiger partial charge on any atom is 0.236 e. The first-order valence-electron chi connectivity index (χ1n) is 10.5. The number of aromatic hydroxyl groups is 1. The number of phenolic OH excluding ortho intramolecular Hbond substituents is 1. The molecule has 7 heteroatoms. The molecule has 0 radical (unpaired) electrons. The summed E-state index contributed by atoms with van der Waals surface area (Å²) < 4.78 is 0. The molecule has 0 saturated carbocycles. The molecule has 0 aliphatic carbocycles. The molecule has 0 spiro atoms. The van der Waals surface area contributed by atoms with E-state index in [0.29, 0.717) is 18.8 Å². The summed E-state index contributed by atoms with van der Waals surface area (Å²) in [5.41, 5.74) is 1.87. The lowest BCUT2D eigenvalue weighted by molar-refractivity contribution is -0.132. The van der Waals surface area contributed by atoms with Crippen LogP contribution in [0.1, 0.15) is 6.42 Å². The van der Waals surface area contributed by atoms with Crippen molar-refractivity contribution >= 4 is 23.2 Å². The highest BCUT2D eigenvalue weighted by molar-refractivity contribution is 5.93. The monoisotopic (exact) mass is 408 g/mol. The number of para-hydroxylation sites is 1. The van der Waals surface area contributed by atoms with Gasteiger partial charge >= 0.3 is 0 Å². The molecule has 2 saturated heterocycles. The highest BCUT2D eigenvalue weighted by atomic mass is 16.3. The van der Waals surface area contributed by atoms with Gasteiger partial charge in [0.1, 0.15) is 5.75 Å². The van der Waals surface area contributed by atoms with Crippen LogP contribution in [0.5, 0.6) is 5.75 Å². The molecule has 2 aromatic rings. The highest BCUT2D eigenvalue weighted by Gasteiger charge is 2.31. The largest absolute Gasteiger partial charge is 0.508 e.